The van der Waals surface area contributed by atoms with Crippen molar-refractivity contribution in [3.05, 3.63) is 55.0 Å². The summed E-state index contributed by atoms with van der Waals surface area (Å²) in [5.41, 5.74) is 10.1. The summed E-state index contributed by atoms with van der Waals surface area (Å²) in [7, 11) is 3.13. The lowest BCUT2D eigenvalue weighted by atomic mass is 10.1. The molecule has 12 heteroatoms. The molecule has 0 saturated carbocycles. The number of ether oxygens (including phenoxy) is 2. The number of nitrogens with two attached hydrogens (primary N) is 1. The van der Waals surface area contributed by atoms with E-state index in [9.17, 15) is 13.2 Å². The lowest BCUT2D eigenvalue weighted by Gasteiger charge is -2.26. The molecule has 0 bridgehead atoms. The minimum absolute atomic E-state index is 0.197. The van der Waals surface area contributed by atoms with Gasteiger partial charge in [0.25, 0.3) is 0 Å². The van der Waals surface area contributed by atoms with Crippen molar-refractivity contribution in [2.24, 2.45) is 5.73 Å². The third kappa shape index (κ3) is 7.58. The van der Waals surface area contributed by atoms with Crippen LogP contribution < -0.4 is 25.4 Å². The minimum Gasteiger partial charge on any atom is -0.497 e. The number of methoxy groups -OCH3 is 2. The Hall–Kier alpha value is -3.90. The fraction of sp³-hybridized carbons (Fsp3) is 0.370. The second-order valence-electron chi connectivity index (χ2n) is 8.93. The zero-order valence-corrected chi connectivity index (χ0v) is 21.9. The summed E-state index contributed by atoms with van der Waals surface area (Å²) < 4.78 is 50.4. The Morgan fingerprint density at radius 2 is 1.74 bits per heavy atom. The molecule has 2 heterocycles. The van der Waals surface area contributed by atoms with Crippen LogP contribution in [0.3, 0.4) is 0 Å². The van der Waals surface area contributed by atoms with E-state index in [1.54, 1.807) is 32.7 Å². The third-order valence-electron chi connectivity index (χ3n) is 6.07. The maximum atomic E-state index is 12.6. The molecule has 0 aliphatic heterocycles. The third-order valence-corrected chi connectivity index (χ3v) is 6.07. The summed E-state index contributed by atoms with van der Waals surface area (Å²) in [5, 5.41) is 6.84. The van der Waals surface area contributed by atoms with Crippen molar-refractivity contribution >= 4 is 22.4 Å². The molecule has 4 aromatic rings. The highest BCUT2D eigenvalue weighted by Gasteiger charge is 2.26. The Morgan fingerprint density at radius 1 is 0.974 bits per heavy atom. The second-order valence-corrected chi connectivity index (χ2v) is 8.93. The highest BCUT2D eigenvalue weighted by molar-refractivity contribution is 5.82. The molecule has 0 saturated heterocycles. The van der Waals surface area contributed by atoms with Gasteiger partial charge in [-0.15, -0.1) is 0 Å². The van der Waals surface area contributed by atoms with E-state index in [4.69, 9.17) is 20.2 Å². The lowest BCUT2D eigenvalue weighted by Crippen LogP contribution is -2.31. The zero-order chi connectivity index (χ0) is 27.8. The van der Waals surface area contributed by atoms with Crippen LogP contribution in [0.1, 0.15) is 12.8 Å². The molecule has 0 aliphatic carbocycles. The van der Waals surface area contributed by atoms with Gasteiger partial charge in [-0.2, -0.15) is 18.3 Å². The van der Waals surface area contributed by atoms with Gasteiger partial charge in [0.1, 0.15) is 11.5 Å². The van der Waals surface area contributed by atoms with Gasteiger partial charge in [-0.3, -0.25) is 9.67 Å². The topological polar surface area (TPSA) is 103 Å². The van der Waals surface area contributed by atoms with E-state index in [-0.39, 0.29) is 6.54 Å². The van der Waals surface area contributed by atoms with E-state index in [2.05, 4.69) is 15.4 Å². The minimum atomic E-state index is -4.25. The van der Waals surface area contributed by atoms with Crippen molar-refractivity contribution in [3.8, 4) is 22.8 Å². The number of anilines is 2. The van der Waals surface area contributed by atoms with Crippen LogP contribution in [0, 0.1) is 0 Å². The normalized spacial score (nSPS) is 11.6. The largest absolute Gasteiger partial charge is 0.497 e. The van der Waals surface area contributed by atoms with Crippen molar-refractivity contribution in [1.29, 1.82) is 0 Å². The van der Waals surface area contributed by atoms with Crippen LogP contribution in [0.5, 0.6) is 11.5 Å². The molecule has 3 N–H and O–H groups in total. The van der Waals surface area contributed by atoms with Gasteiger partial charge >= 0.3 is 6.18 Å². The van der Waals surface area contributed by atoms with E-state index in [0.29, 0.717) is 47.7 Å². The van der Waals surface area contributed by atoms with Crippen molar-refractivity contribution in [2.75, 3.05) is 45.3 Å². The van der Waals surface area contributed by atoms with E-state index >= 15 is 0 Å². The average Bonchev–Trinajstić information content (AvgIpc) is 3.41. The number of hydrogen-bond acceptors (Lipinski definition) is 8. The lowest BCUT2D eigenvalue weighted by molar-refractivity contribution is -0.124. The molecule has 2 aromatic carbocycles. The van der Waals surface area contributed by atoms with E-state index in [1.807, 2.05) is 46.1 Å². The monoisotopic (exact) mass is 543 g/mol. The first-order valence-electron chi connectivity index (χ1n) is 12.6. The molecule has 9 nitrogen and oxygen atoms in total. The van der Waals surface area contributed by atoms with Crippen LogP contribution in [0.15, 0.2) is 55.0 Å². The van der Waals surface area contributed by atoms with Crippen molar-refractivity contribution in [3.63, 3.8) is 0 Å². The van der Waals surface area contributed by atoms with Crippen LogP contribution in [0.2, 0.25) is 0 Å². The van der Waals surface area contributed by atoms with E-state index in [0.717, 1.165) is 29.9 Å². The summed E-state index contributed by atoms with van der Waals surface area (Å²) in [6, 6.07) is 11.2. The first kappa shape index (κ1) is 28.1. The molecule has 0 fully saturated rings. The first-order chi connectivity index (χ1) is 18.8. The summed E-state index contributed by atoms with van der Waals surface area (Å²) >= 11 is 0. The molecule has 0 atom stereocenters. The van der Waals surface area contributed by atoms with Crippen molar-refractivity contribution in [2.45, 2.75) is 25.6 Å². The van der Waals surface area contributed by atoms with Gasteiger partial charge in [0, 0.05) is 54.4 Å². The van der Waals surface area contributed by atoms with E-state index < -0.39 is 12.7 Å². The molecule has 4 rings (SSSR count). The van der Waals surface area contributed by atoms with Crippen LogP contribution in [0.25, 0.3) is 22.3 Å². The molecule has 0 spiro atoms. The molecule has 0 unspecified atom stereocenters. The van der Waals surface area contributed by atoms with Crippen LogP contribution >= 0.6 is 0 Å². The fourth-order valence-corrected chi connectivity index (χ4v) is 4.13. The molecule has 2 aromatic heterocycles. The quantitative estimate of drug-likeness (QED) is 0.237. The smallest absolute Gasteiger partial charge is 0.401 e. The number of aromatic nitrogens is 4. The number of nitrogens with zero attached hydrogens (tertiary/aromatic N) is 5. The zero-order valence-electron chi connectivity index (χ0n) is 21.9. The maximum Gasteiger partial charge on any atom is 0.401 e. The summed E-state index contributed by atoms with van der Waals surface area (Å²) in [6.45, 7) is 0.911. The summed E-state index contributed by atoms with van der Waals surface area (Å²) in [6.07, 6.45) is 2.40. The highest BCUT2D eigenvalue weighted by Crippen LogP contribution is 2.34. The second kappa shape index (κ2) is 12.8. The van der Waals surface area contributed by atoms with Crippen molar-refractivity contribution in [1.82, 2.24) is 25.1 Å². The van der Waals surface area contributed by atoms with Gasteiger partial charge in [-0.25, -0.2) is 4.98 Å². The molecule has 39 heavy (non-hydrogen) atoms. The van der Waals surface area contributed by atoms with Crippen LogP contribution in [-0.4, -0.2) is 66.3 Å². The molecule has 0 radical (unpaired) electrons. The van der Waals surface area contributed by atoms with Gasteiger partial charge in [0.2, 0.25) is 0 Å². The number of halogens is 3. The number of fused-ring (bicyclic) bond motifs is 1. The number of alkyl halides is 3. The molecule has 0 amide bonds. The predicted molar refractivity (Wildman–Crippen MR) is 145 cm³/mol. The van der Waals surface area contributed by atoms with Crippen LogP contribution in [-0.2, 0) is 6.54 Å². The Balaban J connectivity index is 1.64. The fourth-order valence-electron chi connectivity index (χ4n) is 4.13. The van der Waals surface area contributed by atoms with Gasteiger partial charge < -0.3 is 25.4 Å². The predicted octanol–water partition coefficient (Wildman–Crippen LogP) is 4.54. The maximum absolute atomic E-state index is 12.6. The van der Waals surface area contributed by atoms with E-state index in [1.165, 1.54) is 0 Å². The number of benzene rings is 2. The number of aryl methyl sites for hydroxylation is 1. The van der Waals surface area contributed by atoms with Gasteiger partial charge in [0.05, 0.1) is 49.9 Å². The van der Waals surface area contributed by atoms with Crippen molar-refractivity contribution < 1.29 is 22.6 Å². The highest BCUT2D eigenvalue weighted by atomic mass is 19.4. The van der Waals surface area contributed by atoms with Gasteiger partial charge in [-0.05, 0) is 44.1 Å². The number of rotatable bonds is 13. The molecule has 208 valence electrons. The SMILES string of the molecule is COc1cc(OC)cc(N(CCCNCC(F)(F)F)c2ccc3ncc(-c4cnn(CCCN)c4)nc3c2)c1. The first-order valence-corrected chi connectivity index (χ1v) is 12.6. The Morgan fingerprint density at radius 3 is 2.44 bits per heavy atom. The van der Waals surface area contributed by atoms with Gasteiger partial charge in [0.15, 0.2) is 0 Å². The summed E-state index contributed by atoms with van der Waals surface area (Å²) in [5.74, 6) is 1.19. The average molecular weight is 544 g/mol. The molecular weight excluding hydrogens is 511 g/mol. The number of hydrogen-bond donors (Lipinski definition) is 2. The Labute approximate surface area is 224 Å². The number of nitrogens with one attached hydrogen (secondary N) is 1. The molecule has 0 aliphatic rings. The standard InChI is InChI=1S/C27H32F3N7O2/c1-38-22-11-21(12-23(14-22)39-2)37(10-4-8-32-18-27(28,29)30)20-5-6-24-25(13-20)35-26(16-33-24)19-15-34-36(17-19)9-3-7-31/h5-6,11-17,32H,3-4,7-10,18,31H2,1-2H3. The van der Waals surface area contributed by atoms with Gasteiger partial charge in [-0.1, -0.05) is 0 Å². The summed E-state index contributed by atoms with van der Waals surface area (Å²) in [4.78, 5) is 11.4. The van der Waals surface area contributed by atoms with Crippen LogP contribution in [0.4, 0.5) is 24.5 Å². The molecular formula is C27H32F3N7O2. The Bertz CT molecular complexity index is 1360. The Kier molecular flexibility index (Phi) is 9.20.